The first-order valence-corrected chi connectivity index (χ1v) is 12.0. The molecule has 3 aromatic carbocycles. The van der Waals surface area contributed by atoms with Crippen LogP contribution in [-0.2, 0) is 14.8 Å². The van der Waals surface area contributed by atoms with E-state index in [-0.39, 0.29) is 17.4 Å². The number of anilines is 1. The summed E-state index contributed by atoms with van der Waals surface area (Å²) >= 11 is 0. The van der Waals surface area contributed by atoms with Crippen LogP contribution in [0.25, 0.3) is 10.8 Å². The summed E-state index contributed by atoms with van der Waals surface area (Å²) in [4.78, 5) is 12.6. The predicted octanol–water partition coefficient (Wildman–Crippen LogP) is 4.42. The van der Waals surface area contributed by atoms with Gasteiger partial charge in [-0.25, -0.2) is 8.42 Å². The second-order valence-electron chi connectivity index (χ2n) is 7.69. The maximum absolute atomic E-state index is 13.0. The van der Waals surface area contributed by atoms with Gasteiger partial charge in [-0.2, -0.15) is 4.31 Å². The Balaban J connectivity index is 1.40. The van der Waals surface area contributed by atoms with Gasteiger partial charge in [0.15, 0.2) is 6.61 Å². The summed E-state index contributed by atoms with van der Waals surface area (Å²) in [5, 5.41) is 4.86. The highest BCUT2D eigenvalue weighted by Crippen LogP contribution is 2.23. The summed E-state index contributed by atoms with van der Waals surface area (Å²) in [6.07, 6.45) is 3.86. The molecule has 0 aromatic heterocycles. The number of sulfonamides is 1. The molecule has 0 aliphatic carbocycles. The van der Waals surface area contributed by atoms with E-state index >= 15 is 0 Å². The number of ether oxygens (including phenoxy) is 1. The number of benzene rings is 3. The highest BCUT2D eigenvalue weighted by molar-refractivity contribution is 7.89. The lowest BCUT2D eigenvalue weighted by atomic mass is 10.1. The van der Waals surface area contributed by atoms with Crippen molar-refractivity contribution < 1.29 is 17.9 Å². The lowest BCUT2D eigenvalue weighted by Gasteiger charge is -2.20. The van der Waals surface area contributed by atoms with Crippen molar-refractivity contribution in [1.82, 2.24) is 4.31 Å². The van der Waals surface area contributed by atoms with Gasteiger partial charge in [0.05, 0.1) is 4.90 Å². The second kappa shape index (κ2) is 9.49. The molecule has 1 heterocycles. The molecule has 6 nitrogen and oxygen atoms in total. The molecule has 3 aromatic rings. The normalized spacial score (nSPS) is 15.4. The average molecular weight is 439 g/mol. The van der Waals surface area contributed by atoms with Crippen molar-refractivity contribution in [3.8, 4) is 5.75 Å². The minimum absolute atomic E-state index is 0.165. The third kappa shape index (κ3) is 5.24. The van der Waals surface area contributed by atoms with Gasteiger partial charge in [0, 0.05) is 18.8 Å². The number of carbonyl (C=O) groups excluding carboxylic acids is 1. The maximum atomic E-state index is 13.0. The number of hydrogen-bond acceptors (Lipinski definition) is 4. The molecular weight excluding hydrogens is 412 g/mol. The van der Waals surface area contributed by atoms with Gasteiger partial charge in [-0.05, 0) is 53.9 Å². The van der Waals surface area contributed by atoms with Crippen molar-refractivity contribution in [1.29, 1.82) is 0 Å². The highest BCUT2D eigenvalue weighted by atomic mass is 32.2. The van der Waals surface area contributed by atoms with Crippen LogP contribution in [0.1, 0.15) is 25.7 Å². The fraction of sp³-hybridized carbons (Fsp3) is 0.292. The summed E-state index contributed by atoms with van der Waals surface area (Å²) < 4.78 is 33.1. The van der Waals surface area contributed by atoms with Gasteiger partial charge in [-0.3, -0.25) is 4.79 Å². The van der Waals surface area contributed by atoms with Crippen molar-refractivity contribution in [3.63, 3.8) is 0 Å². The summed E-state index contributed by atoms with van der Waals surface area (Å²) in [6.45, 7) is 0.915. The number of amides is 1. The van der Waals surface area contributed by atoms with Crippen molar-refractivity contribution >= 4 is 32.4 Å². The first kappa shape index (κ1) is 21.3. The molecule has 31 heavy (non-hydrogen) atoms. The summed E-state index contributed by atoms with van der Waals surface area (Å²) in [6, 6.07) is 20.0. The zero-order valence-electron chi connectivity index (χ0n) is 17.3. The van der Waals surface area contributed by atoms with E-state index in [0.29, 0.717) is 24.5 Å². The Morgan fingerprint density at radius 1 is 0.871 bits per heavy atom. The summed E-state index contributed by atoms with van der Waals surface area (Å²) in [7, 11) is -3.57. The van der Waals surface area contributed by atoms with Crippen molar-refractivity contribution in [2.75, 3.05) is 25.0 Å². The third-order valence-electron chi connectivity index (χ3n) is 5.41. The Bertz CT molecular complexity index is 1170. The van der Waals surface area contributed by atoms with E-state index in [1.165, 1.54) is 6.07 Å². The molecule has 0 radical (unpaired) electrons. The molecule has 0 atom stereocenters. The van der Waals surface area contributed by atoms with E-state index in [1.807, 2.05) is 42.5 Å². The predicted molar refractivity (Wildman–Crippen MR) is 122 cm³/mol. The van der Waals surface area contributed by atoms with Gasteiger partial charge in [-0.15, -0.1) is 0 Å². The zero-order valence-corrected chi connectivity index (χ0v) is 18.1. The monoisotopic (exact) mass is 438 g/mol. The molecule has 1 aliphatic heterocycles. The van der Waals surface area contributed by atoms with Crippen LogP contribution >= 0.6 is 0 Å². The molecule has 1 saturated heterocycles. The lowest BCUT2D eigenvalue weighted by Crippen LogP contribution is -2.32. The Morgan fingerprint density at radius 3 is 2.39 bits per heavy atom. The molecular formula is C24H26N2O4S. The number of nitrogens with one attached hydrogen (secondary N) is 1. The number of rotatable bonds is 6. The average Bonchev–Trinajstić information content (AvgIpc) is 3.08. The molecule has 1 amide bonds. The van der Waals surface area contributed by atoms with Crippen molar-refractivity contribution in [2.45, 2.75) is 30.6 Å². The Labute approximate surface area is 182 Å². The van der Waals surface area contributed by atoms with E-state index in [9.17, 15) is 13.2 Å². The van der Waals surface area contributed by atoms with E-state index in [4.69, 9.17) is 4.74 Å². The lowest BCUT2D eigenvalue weighted by molar-refractivity contribution is -0.118. The van der Waals surface area contributed by atoms with Gasteiger partial charge < -0.3 is 10.1 Å². The molecule has 162 valence electrons. The van der Waals surface area contributed by atoms with Crippen molar-refractivity contribution in [3.05, 3.63) is 66.7 Å². The van der Waals surface area contributed by atoms with Crippen molar-refractivity contribution in [2.24, 2.45) is 0 Å². The largest absolute Gasteiger partial charge is 0.484 e. The summed E-state index contributed by atoms with van der Waals surface area (Å²) in [5.41, 5.74) is 0.433. The van der Waals surface area contributed by atoms with E-state index in [1.54, 1.807) is 22.5 Å². The van der Waals surface area contributed by atoms with Gasteiger partial charge in [0.2, 0.25) is 10.0 Å². The number of hydrogen-bond donors (Lipinski definition) is 1. The van der Waals surface area contributed by atoms with Crippen LogP contribution in [0, 0.1) is 0 Å². The smallest absolute Gasteiger partial charge is 0.262 e. The minimum atomic E-state index is -3.57. The zero-order chi connectivity index (χ0) is 21.7. The quantitative estimate of drug-likeness (QED) is 0.618. The van der Waals surface area contributed by atoms with Crippen LogP contribution in [0.5, 0.6) is 5.75 Å². The molecule has 0 unspecified atom stereocenters. The Morgan fingerprint density at radius 2 is 1.61 bits per heavy atom. The first-order chi connectivity index (χ1) is 15.0. The van der Waals surface area contributed by atoms with Crippen LogP contribution < -0.4 is 10.1 Å². The SMILES string of the molecule is O=C(COc1ccc2ccccc2c1)Nc1cccc(S(=O)(=O)N2CCCCCC2)c1. The van der Waals surface area contributed by atoms with E-state index < -0.39 is 10.0 Å². The second-order valence-corrected chi connectivity index (χ2v) is 9.63. The standard InChI is InChI=1S/C24H26N2O4S/c27-24(18-30-22-13-12-19-8-3-4-9-20(19)16-22)25-21-10-7-11-23(17-21)31(28,29)26-14-5-1-2-6-15-26/h3-4,7-13,16-17H,1-2,5-6,14-15,18H2,(H,25,27). The number of nitrogens with zero attached hydrogens (tertiary/aromatic N) is 1. The molecule has 0 bridgehead atoms. The van der Waals surface area contributed by atoms with Gasteiger partial charge >= 0.3 is 0 Å². The van der Waals surface area contributed by atoms with Gasteiger partial charge in [0.25, 0.3) is 5.91 Å². The fourth-order valence-electron chi connectivity index (χ4n) is 3.77. The molecule has 0 spiro atoms. The van der Waals surface area contributed by atoms with Crippen LogP contribution in [0.3, 0.4) is 0 Å². The molecule has 4 rings (SSSR count). The fourth-order valence-corrected chi connectivity index (χ4v) is 5.33. The van der Waals surface area contributed by atoms with Gasteiger partial charge in [0.1, 0.15) is 5.75 Å². The van der Waals surface area contributed by atoms with Crippen LogP contribution in [0.2, 0.25) is 0 Å². The number of fused-ring (bicyclic) bond motifs is 1. The first-order valence-electron chi connectivity index (χ1n) is 10.5. The Kier molecular flexibility index (Phi) is 6.53. The topological polar surface area (TPSA) is 75.7 Å². The Hall–Kier alpha value is -2.90. The maximum Gasteiger partial charge on any atom is 0.262 e. The minimum Gasteiger partial charge on any atom is -0.484 e. The molecule has 1 fully saturated rings. The highest BCUT2D eigenvalue weighted by Gasteiger charge is 2.25. The molecule has 1 aliphatic rings. The van der Waals surface area contributed by atoms with Crippen LogP contribution in [0.15, 0.2) is 71.6 Å². The van der Waals surface area contributed by atoms with Gasteiger partial charge in [-0.1, -0.05) is 49.2 Å². The van der Waals surface area contributed by atoms with Crippen LogP contribution in [-0.4, -0.2) is 38.3 Å². The molecule has 7 heteroatoms. The van der Waals surface area contributed by atoms with E-state index in [2.05, 4.69) is 5.32 Å². The number of carbonyl (C=O) groups is 1. The summed E-state index contributed by atoms with van der Waals surface area (Å²) in [5.74, 6) is 0.254. The molecule has 1 N–H and O–H groups in total. The third-order valence-corrected chi connectivity index (χ3v) is 7.31. The van der Waals surface area contributed by atoms with Crippen LogP contribution in [0.4, 0.5) is 5.69 Å². The van der Waals surface area contributed by atoms with E-state index in [0.717, 1.165) is 36.5 Å². The molecule has 0 saturated carbocycles.